The van der Waals surface area contributed by atoms with Crippen molar-refractivity contribution in [2.24, 2.45) is 0 Å². The third kappa shape index (κ3) is 3.08. The highest BCUT2D eigenvalue weighted by atomic mass is 32.1. The molecule has 136 valence electrons. The fourth-order valence-electron chi connectivity index (χ4n) is 3.07. The van der Waals surface area contributed by atoms with Crippen LogP contribution in [0.3, 0.4) is 0 Å². The zero-order chi connectivity index (χ0) is 18.3. The van der Waals surface area contributed by atoms with Gasteiger partial charge in [0.05, 0.1) is 12.7 Å². The first-order valence-corrected chi connectivity index (χ1v) is 9.71. The van der Waals surface area contributed by atoms with Gasteiger partial charge in [-0.25, -0.2) is 4.57 Å². The minimum absolute atomic E-state index is 0.0955. The van der Waals surface area contributed by atoms with Gasteiger partial charge in [-0.2, -0.15) is 0 Å². The van der Waals surface area contributed by atoms with E-state index in [9.17, 15) is 20.3 Å². The molecule has 0 aromatic carbocycles. The second-order valence-electron chi connectivity index (χ2n) is 6.01. The van der Waals surface area contributed by atoms with Gasteiger partial charge >= 0.3 is 5.82 Å². The summed E-state index contributed by atoms with van der Waals surface area (Å²) in [7, 11) is 0. The number of aliphatic hydroxyl groups excluding tert-OH is 2. The van der Waals surface area contributed by atoms with Crippen molar-refractivity contribution in [2.75, 3.05) is 6.61 Å². The molecule has 0 radical (unpaired) electrons. The quantitative estimate of drug-likeness (QED) is 0.512. The van der Waals surface area contributed by atoms with Crippen LogP contribution in [-0.2, 0) is 4.74 Å². The summed E-state index contributed by atoms with van der Waals surface area (Å²) in [5.41, 5.74) is 0.732. The van der Waals surface area contributed by atoms with Gasteiger partial charge in [0.25, 0.3) is 0 Å². The van der Waals surface area contributed by atoms with Crippen molar-refractivity contribution in [1.82, 2.24) is 4.57 Å². The van der Waals surface area contributed by atoms with Gasteiger partial charge < -0.3 is 25.1 Å². The standard InChI is InChI=1S/C17H16N2O5S2/c20-9-12-11(21)7-17(24-12)18-8-10(6-16(18)19(22)23)13-3-4-15(26-13)14-2-1-5-25-14/h1-6,8,11-12,17,20-21H,7,9H2/t11-,12+,17+/m0/s1. The first-order valence-electron chi connectivity index (χ1n) is 8.01. The van der Waals surface area contributed by atoms with E-state index >= 15 is 0 Å². The van der Waals surface area contributed by atoms with Gasteiger partial charge in [-0.05, 0) is 28.5 Å². The van der Waals surface area contributed by atoms with E-state index < -0.39 is 23.4 Å². The van der Waals surface area contributed by atoms with Gasteiger partial charge in [0, 0.05) is 32.7 Å². The molecule has 4 heterocycles. The van der Waals surface area contributed by atoms with Crippen molar-refractivity contribution in [3.63, 3.8) is 0 Å². The molecule has 1 fully saturated rings. The SMILES string of the molecule is O=[N+]([O-])c1cc(-c2ccc(-c3cccs3)s2)cn1[C@H]1C[C@H](O)[C@@H](CO)O1. The molecule has 3 aromatic rings. The lowest BCUT2D eigenvalue weighted by molar-refractivity contribution is -0.393. The summed E-state index contributed by atoms with van der Waals surface area (Å²) in [6.45, 7) is -0.325. The Morgan fingerprint density at radius 2 is 2.12 bits per heavy atom. The van der Waals surface area contributed by atoms with Crippen molar-refractivity contribution in [2.45, 2.75) is 24.9 Å². The largest absolute Gasteiger partial charge is 0.394 e. The second-order valence-corrected chi connectivity index (χ2v) is 8.04. The molecule has 1 aliphatic rings. The van der Waals surface area contributed by atoms with Crippen LogP contribution in [0.15, 0.2) is 41.9 Å². The van der Waals surface area contributed by atoms with Crippen LogP contribution in [0.4, 0.5) is 5.82 Å². The van der Waals surface area contributed by atoms with Crippen molar-refractivity contribution < 1.29 is 19.9 Å². The molecule has 0 aliphatic carbocycles. The van der Waals surface area contributed by atoms with Gasteiger partial charge in [-0.3, -0.25) is 0 Å². The molecule has 2 N–H and O–H groups in total. The zero-order valence-corrected chi connectivity index (χ0v) is 15.2. The molecular formula is C17H16N2O5S2. The Morgan fingerprint density at radius 3 is 2.77 bits per heavy atom. The normalized spacial score (nSPS) is 22.8. The molecule has 3 atom stereocenters. The first-order chi connectivity index (χ1) is 12.6. The highest BCUT2D eigenvalue weighted by molar-refractivity contribution is 7.23. The highest BCUT2D eigenvalue weighted by Crippen LogP contribution is 2.40. The summed E-state index contributed by atoms with van der Waals surface area (Å²) in [6, 6.07) is 9.50. The summed E-state index contributed by atoms with van der Waals surface area (Å²) in [5, 5.41) is 32.6. The van der Waals surface area contributed by atoms with E-state index in [0.717, 1.165) is 20.2 Å². The molecule has 1 aliphatic heterocycles. The number of hydrogen-bond acceptors (Lipinski definition) is 7. The maximum Gasteiger partial charge on any atom is 0.325 e. The van der Waals surface area contributed by atoms with Crippen LogP contribution in [0.2, 0.25) is 0 Å². The van der Waals surface area contributed by atoms with E-state index in [4.69, 9.17) is 4.74 Å². The number of ether oxygens (including phenoxy) is 1. The van der Waals surface area contributed by atoms with E-state index in [0.29, 0.717) is 0 Å². The number of nitro groups is 1. The van der Waals surface area contributed by atoms with E-state index in [1.807, 2.05) is 29.6 Å². The zero-order valence-electron chi connectivity index (χ0n) is 13.5. The Balaban J connectivity index is 1.67. The van der Waals surface area contributed by atoms with E-state index in [1.54, 1.807) is 28.9 Å². The van der Waals surface area contributed by atoms with Gasteiger partial charge in [0.2, 0.25) is 6.23 Å². The van der Waals surface area contributed by atoms with Crippen LogP contribution < -0.4 is 0 Å². The molecule has 4 rings (SSSR count). The Labute approximate surface area is 156 Å². The van der Waals surface area contributed by atoms with E-state index in [2.05, 4.69) is 0 Å². The molecule has 1 saturated heterocycles. The molecular weight excluding hydrogens is 376 g/mol. The predicted molar refractivity (Wildman–Crippen MR) is 99.3 cm³/mol. The summed E-state index contributed by atoms with van der Waals surface area (Å²) >= 11 is 3.22. The second kappa shape index (κ2) is 6.93. The molecule has 26 heavy (non-hydrogen) atoms. The number of aromatic nitrogens is 1. The summed E-state index contributed by atoms with van der Waals surface area (Å²) in [5.74, 6) is -0.0955. The molecule has 0 spiro atoms. The summed E-state index contributed by atoms with van der Waals surface area (Å²) < 4.78 is 7.01. The Kier molecular flexibility index (Phi) is 4.63. The van der Waals surface area contributed by atoms with Crippen LogP contribution in [0, 0.1) is 10.1 Å². The molecule has 3 aromatic heterocycles. The minimum atomic E-state index is -0.845. The fraction of sp³-hybridized carbons (Fsp3) is 0.294. The van der Waals surface area contributed by atoms with Crippen molar-refractivity contribution in [3.05, 3.63) is 52.0 Å². The average Bonchev–Trinajstić information content (AvgIpc) is 3.38. The molecule has 0 bridgehead atoms. The number of nitrogens with zero attached hydrogens (tertiary/aromatic N) is 2. The molecule has 0 amide bonds. The van der Waals surface area contributed by atoms with Gasteiger partial charge in [-0.15, -0.1) is 22.7 Å². The maximum atomic E-state index is 11.5. The molecule has 0 saturated carbocycles. The Hall–Kier alpha value is -2.04. The van der Waals surface area contributed by atoms with Crippen LogP contribution in [0.5, 0.6) is 0 Å². The lowest BCUT2D eigenvalue weighted by atomic mass is 10.2. The van der Waals surface area contributed by atoms with Gasteiger partial charge in [0.1, 0.15) is 12.3 Å². The minimum Gasteiger partial charge on any atom is -0.394 e. The fourth-order valence-corrected chi connectivity index (χ4v) is 4.90. The first kappa shape index (κ1) is 17.4. The van der Waals surface area contributed by atoms with Gasteiger partial charge in [-0.1, -0.05) is 6.07 Å². The van der Waals surface area contributed by atoms with Gasteiger partial charge in [0.15, 0.2) is 0 Å². The number of rotatable bonds is 5. The molecule has 7 nitrogen and oxygen atoms in total. The Bertz CT molecular complexity index is 918. The smallest absolute Gasteiger partial charge is 0.325 e. The van der Waals surface area contributed by atoms with E-state index in [-0.39, 0.29) is 18.8 Å². The monoisotopic (exact) mass is 392 g/mol. The Morgan fingerprint density at radius 1 is 1.31 bits per heavy atom. The number of thiophene rings is 2. The summed E-state index contributed by atoms with van der Waals surface area (Å²) in [6.07, 6.45) is -0.363. The van der Waals surface area contributed by atoms with Crippen LogP contribution in [0.25, 0.3) is 20.2 Å². The van der Waals surface area contributed by atoms with Crippen LogP contribution in [0.1, 0.15) is 12.6 Å². The molecule has 9 heteroatoms. The van der Waals surface area contributed by atoms with Crippen molar-refractivity contribution >= 4 is 28.5 Å². The van der Waals surface area contributed by atoms with Crippen LogP contribution in [-0.4, -0.2) is 38.5 Å². The lowest BCUT2D eigenvalue weighted by Crippen LogP contribution is -2.24. The third-order valence-corrected chi connectivity index (χ3v) is 6.56. The molecule has 0 unspecified atom stereocenters. The number of hydrogen-bond donors (Lipinski definition) is 2. The van der Waals surface area contributed by atoms with E-state index in [1.165, 1.54) is 10.6 Å². The summed E-state index contributed by atoms with van der Waals surface area (Å²) in [4.78, 5) is 14.2. The average molecular weight is 392 g/mol. The third-order valence-electron chi connectivity index (χ3n) is 4.36. The van der Waals surface area contributed by atoms with Crippen molar-refractivity contribution in [1.29, 1.82) is 0 Å². The van der Waals surface area contributed by atoms with Crippen molar-refractivity contribution in [3.8, 4) is 20.2 Å². The highest BCUT2D eigenvalue weighted by Gasteiger charge is 2.39. The lowest BCUT2D eigenvalue weighted by Gasteiger charge is -2.10. The predicted octanol–water partition coefficient (Wildman–Crippen LogP) is 3.49. The topological polar surface area (TPSA) is 97.8 Å². The maximum absolute atomic E-state index is 11.5. The number of aliphatic hydroxyl groups is 2. The van der Waals surface area contributed by atoms with Crippen LogP contribution >= 0.6 is 22.7 Å².